The molecular weight excluding hydrogens is 349 g/mol. The first-order valence-corrected chi connectivity index (χ1v) is 9.56. The molecule has 3 amide bonds. The third kappa shape index (κ3) is 7.00. The minimum atomic E-state index is -0.330. The minimum Gasteiger partial charge on any atom is -0.350 e. The number of amides is 3. The minimum absolute atomic E-state index is 0.000587. The molecule has 0 aromatic heterocycles. The van der Waals surface area contributed by atoms with Gasteiger partial charge >= 0.3 is 0 Å². The zero-order valence-corrected chi connectivity index (χ0v) is 15.8. The number of nitrogens with zero attached hydrogens (tertiary/aromatic N) is 1. The van der Waals surface area contributed by atoms with Crippen molar-refractivity contribution >= 4 is 17.7 Å². The smallest absolute Gasteiger partial charge is 0.242 e. The monoisotopic (exact) mass is 377 g/mol. The van der Waals surface area contributed by atoms with E-state index >= 15 is 0 Å². The number of likely N-dealkylation sites (N-methyl/N-ethyl adjacent to an activating group) is 1. The highest BCUT2D eigenvalue weighted by molar-refractivity contribution is 5.88. The number of rotatable bonds is 8. The summed E-state index contributed by atoms with van der Waals surface area (Å²) in [6.45, 7) is 2.27. The quantitative estimate of drug-likeness (QED) is 0.727. The summed E-state index contributed by atoms with van der Waals surface area (Å²) in [6, 6.07) is 5.86. The van der Waals surface area contributed by atoms with Gasteiger partial charge < -0.3 is 15.5 Å². The van der Waals surface area contributed by atoms with Crippen LogP contribution in [0.25, 0.3) is 0 Å². The third-order valence-corrected chi connectivity index (χ3v) is 4.86. The van der Waals surface area contributed by atoms with Crippen LogP contribution >= 0.6 is 0 Å². The largest absolute Gasteiger partial charge is 0.350 e. The molecule has 1 aromatic rings. The molecule has 1 saturated carbocycles. The van der Waals surface area contributed by atoms with Crippen LogP contribution in [-0.4, -0.2) is 42.3 Å². The van der Waals surface area contributed by atoms with Gasteiger partial charge in [-0.1, -0.05) is 31.4 Å². The molecule has 0 aliphatic heterocycles. The van der Waals surface area contributed by atoms with E-state index in [0.717, 1.165) is 31.2 Å². The molecule has 1 aliphatic rings. The van der Waals surface area contributed by atoms with E-state index in [0.29, 0.717) is 6.54 Å². The highest BCUT2D eigenvalue weighted by atomic mass is 19.1. The number of nitrogens with one attached hydrogen (secondary N) is 2. The second-order valence-electron chi connectivity index (χ2n) is 6.86. The fourth-order valence-corrected chi connectivity index (χ4v) is 3.19. The van der Waals surface area contributed by atoms with Crippen LogP contribution in [0.1, 0.15) is 44.6 Å². The lowest BCUT2D eigenvalue weighted by Gasteiger charge is -2.23. The molecule has 1 aromatic carbocycles. The Morgan fingerprint density at radius 1 is 1.07 bits per heavy atom. The molecule has 27 heavy (non-hydrogen) atoms. The van der Waals surface area contributed by atoms with Crippen LogP contribution in [0, 0.1) is 11.7 Å². The Labute approximate surface area is 159 Å². The van der Waals surface area contributed by atoms with Gasteiger partial charge in [0, 0.05) is 19.0 Å². The van der Waals surface area contributed by atoms with Crippen molar-refractivity contribution in [1.82, 2.24) is 15.5 Å². The van der Waals surface area contributed by atoms with Gasteiger partial charge in [-0.15, -0.1) is 0 Å². The summed E-state index contributed by atoms with van der Waals surface area (Å²) >= 11 is 0. The Hall–Kier alpha value is -2.44. The molecule has 0 atom stereocenters. The normalized spacial score (nSPS) is 14.4. The lowest BCUT2D eigenvalue weighted by Crippen LogP contribution is -2.45. The highest BCUT2D eigenvalue weighted by Crippen LogP contribution is 2.23. The van der Waals surface area contributed by atoms with Crippen LogP contribution in [-0.2, 0) is 20.9 Å². The van der Waals surface area contributed by atoms with E-state index in [1.807, 2.05) is 0 Å². The van der Waals surface area contributed by atoms with Gasteiger partial charge in [-0.3, -0.25) is 14.4 Å². The molecule has 2 rings (SSSR count). The summed E-state index contributed by atoms with van der Waals surface area (Å²) in [5.74, 6) is -0.977. The zero-order chi connectivity index (χ0) is 19.6. The number of halogens is 1. The molecule has 0 unspecified atom stereocenters. The standard InChI is InChI=1S/C20H28FN3O3/c1-2-24(14-18(25)22-12-15-8-10-17(21)11-9-15)19(26)13-23-20(27)16-6-4-3-5-7-16/h8-11,16H,2-7,12-14H2,1H3,(H,22,25)(H,23,27). The zero-order valence-electron chi connectivity index (χ0n) is 15.8. The molecule has 0 radical (unpaired) electrons. The van der Waals surface area contributed by atoms with E-state index in [2.05, 4.69) is 10.6 Å². The Morgan fingerprint density at radius 3 is 2.37 bits per heavy atom. The van der Waals surface area contributed by atoms with Crippen LogP contribution < -0.4 is 10.6 Å². The first-order valence-electron chi connectivity index (χ1n) is 9.56. The summed E-state index contributed by atoms with van der Waals surface area (Å²) in [6.07, 6.45) is 5.04. The molecule has 7 heteroatoms. The fourth-order valence-electron chi connectivity index (χ4n) is 3.19. The maximum Gasteiger partial charge on any atom is 0.242 e. The van der Waals surface area contributed by atoms with Crippen LogP contribution in [0.3, 0.4) is 0 Å². The van der Waals surface area contributed by atoms with Gasteiger partial charge in [-0.2, -0.15) is 0 Å². The number of carbonyl (C=O) groups is 3. The molecule has 1 fully saturated rings. The number of hydrogen-bond acceptors (Lipinski definition) is 3. The predicted molar refractivity (Wildman–Crippen MR) is 100 cm³/mol. The summed E-state index contributed by atoms with van der Waals surface area (Å²) in [7, 11) is 0. The molecule has 0 bridgehead atoms. The van der Waals surface area contributed by atoms with Crippen molar-refractivity contribution in [2.24, 2.45) is 5.92 Å². The molecule has 6 nitrogen and oxygen atoms in total. The Balaban J connectivity index is 1.73. The average Bonchev–Trinajstić information content (AvgIpc) is 2.70. The SMILES string of the molecule is CCN(CC(=O)NCc1ccc(F)cc1)C(=O)CNC(=O)C1CCCCC1. The molecule has 0 saturated heterocycles. The third-order valence-electron chi connectivity index (χ3n) is 4.86. The fraction of sp³-hybridized carbons (Fsp3) is 0.550. The van der Waals surface area contributed by atoms with Crippen LogP contribution in [0.5, 0.6) is 0 Å². The van der Waals surface area contributed by atoms with E-state index in [1.165, 1.54) is 23.5 Å². The van der Waals surface area contributed by atoms with Gasteiger partial charge in [0.1, 0.15) is 5.82 Å². The molecule has 2 N–H and O–H groups in total. The van der Waals surface area contributed by atoms with E-state index in [9.17, 15) is 18.8 Å². The summed E-state index contributed by atoms with van der Waals surface area (Å²) in [5.41, 5.74) is 0.777. The van der Waals surface area contributed by atoms with Crippen molar-refractivity contribution in [3.05, 3.63) is 35.6 Å². The molecule has 0 spiro atoms. The van der Waals surface area contributed by atoms with Crippen LogP contribution in [0.15, 0.2) is 24.3 Å². The van der Waals surface area contributed by atoms with Gasteiger partial charge in [0.25, 0.3) is 0 Å². The molecule has 1 aliphatic carbocycles. The second-order valence-corrected chi connectivity index (χ2v) is 6.86. The maximum atomic E-state index is 12.9. The number of hydrogen-bond donors (Lipinski definition) is 2. The first kappa shape index (κ1) is 20.9. The van der Waals surface area contributed by atoms with Crippen molar-refractivity contribution in [3.8, 4) is 0 Å². The van der Waals surface area contributed by atoms with Gasteiger partial charge in [0.05, 0.1) is 13.1 Å². The van der Waals surface area contributed by atoms with Gasteiger partial charge in [-0.05, 0) is 37.5 Å². The Bertz CT molecular complexity index is 642. The molecule has 148 valence electrons. The lowest BCUT2D eigenvalue weighted by molar-refractivity contribution is -0.137. The lowest BCUT2D eigenvalue weighted by atomic mass is 9.89. The van der Waals surface area contributed by atoms with Crippen molar-refractivity contribution in [3.63, 3.8) is 0 Å². The van der Waals surface area contributed by atoms with Crippen molar-refractivity contribution in [2.75, 3.05) is 19.6 Å². The highest BCUT2D eigenvalue weighted by Gasteiger charge is 2.22. The molecular formula is C20H28FN3O3. The first-order chi connectivity index (χ1) is 13.0. The maximum absolute atomic E-state index is 12.9. The second kappa shape index (κ2) is 10.6. The van der Waals surface area contributed by atoms with E-state index in [4.69, 9.17) is 0 Å². The van der Waals surface area contributed by atoms with Crippen molar-refractivity contribution in [2.45, 2.75) is 45.6 Å². The van der Waals surface area contributed by atoms with Gasteiger partial charge in [-0.25, -0.2) is 4.39 Å². The Kier molecular flexibility index (Phi) is 8.23. The summed E-state index contributed by atoms with van der Waals surface area (Å²) in [5, 5.41) is 5.42. The van der Waals surface area contributed by atoms with Gasteiger partial charge in [0.2, 0.25) is 17.7 Å². The topological polar surface area (TPSA) is 78.5 Å². The van der Waals surface area contributed by atoms with E-state index in [1.54, 1.807) is 19.1 Å². The van der Waals surface area contributed by atoms with E-state index < -0.39 is 0 Å². The Morgan fingerprint density at radius 2 is 1.74 bits per heavy atom. The molecule has 0 heterocycles. The van der Waals surface area contributed by atoms with E-state index in [-0.39, 0.29) is 49.1 Å². The van der Waals surface area contributed by atoms with Crippen LogP contribution in [0.2, 0.25) is 0 Å². The number of benzene rings is 1. The number of carbonyl (C=O) groups excluding carboxylic acids is 3. The van der Waals surface area contributed by atoms with Gasteiger partial charge in [0.15, 0.2) is 0 Å². The average molecular weight is 377 g/mol. The van der Waals surface area contributed by atoms with Crippen molar-refractivity contribution in [1.29, 1.82) is 0 Å². The van der Waals surface area contributed by atoms with Crippen LogP contribution in [0.4, 0.5) is 4.39 Å². The van der Waals surface area contributed by atoms with Crippen molar-refractivity contribution < 1.29 is 18.8 Å². The predicted octanol–water partition coefficient (Wildman–Crippen LogP) is 1.99. The summed E-state index contributed by atoms with van der Waals surface area (Å²) in [4.78, 5) is 37.9. The summed E-state index contributed by atoms with van der Waals surface area (Å²) < 4.78 is 12.9.